The Balaban J connectivity index is 2.92. The molecule has 0 saturated carbocycles. The fourth-order valence-corrected chi connectivity index (χ4v) is 3.75. The first-order valence-electron chi connectivity index (χ1n) is 11.1. The molecule has 0 spiro atoms. The Hall–Kier alpha value is -2.54. The molecule has 5 atom stereocenters. The number of nitrogens with two attached hydrogens (primary N) is 3. The highest BCUT2D eigenvalue weighted by Gasteiger charge is 2.38. The average molecular weight is 488 g/mol. The fraction of sp³-hybridized carbons (Fsp3) is 0.750. The third kappa shape index (κ3) is 8.72. The molecule has 1 fully saturated rings. The number of aliphatic carboxylic acids is 1. The highest BCUT2D eigenvalue weighted by atomic mass is 32.1. The maximum Gasteiger partial charge on any atom is 0.326 e. The van der Waals surface area contributed by atoms with Crippen LogP contribution in [0.5, 0.6) is 0 Å². The van der Waals surface area contributed by atoms with Crippen LogP contribution < -0.4 is 27.8 Å². The number of aliphatic imine (C=N–C) groups is 1. The van der Waals surface area contributed by atoms with Crippen LogP contribution in [-0.2, 0) is 19.2 Å². The van der Waals surface area contributed by atoms with E-state index in [1.807, 2.05) is 13.8 Å². The second-order valence-corrected chi connectivity index (χ2v) is 8.56. The number of thiol groups is 1. The van der Waals surface area contributed by atoms with E-state index in [2.05, 4.69) is 28.3 Å². The van der Waals surface area contributed by atoms with Crippen LogP contribution in [0.2, 0.25) is 0 Å². The molecule has 12 nitrogen and oxygen atoms in total. The zero-order valence-corrected chi connectivity index (χ0v) is 20.1. The van der Waals surface area contributed by atoms with E-state index in [-0.39, 0.29) is 30.6 Å². The Labute approximate surface area is 199 Å². The quantitative estimate of drug-likeness (QED) is 0.0694. The summed E-state index contributed by atoms with van der Waals surface area (Å²) in [5, 5.41) is 14.6. The number of nitrogens with one attached hydrogen (secondary N) is 2. The van der Waals surface area contributed by atoms with Gasteiger partial charge in [0.15, 0.2) is 5.96 Å². The molecule has 1 rings (SSSR count). The number of amides is 3. The van der Waals surface area contributed by atoms with Crippen molar-refractivity contribution in [1.29, 1.82) is 0 Å². The van der Waals surface area contributed by atoms with Crippen molar-refractivity contribution < 1.29 is 24.3 Å². The van der Waals surface area contributed by atoms with Gasteiger partial charge < -0.3 is 37.8 Å². The van der Waals surface area contributed by atoms with E-state index in [0.29, 0.717) is 32.2 Å². The van der Waals surface area contributed by atoms with E-state index in [9.17, 15) is 24.3 Å². The number of likely N-dealkylation sites (tertiary alicyclic amines) is 1. The first-order chi connectivity index (χ1) is 15.5. The Morgan fingerprint density at radius 2 is 1.82 bits per heavy atom. The first kappa shape index (κ1) is 28.5. The minimum Gasteiger partial charge on any atom is -0.480 e. The maximum absolute atomic E-state index is 13.0. The van der Waals surface area contributed by atoms with Crippen LogP contribution in [-0.4, -0.2) is 82.7 Å². The van der Waals surface area contributed by atoms with Gasteiger partial charge in [-0.1, -0.05) is 20.3 Å². The van der Waals surface area contributed by atoms with Gasteiger partial charge in [0, 0.05) is 18.8 Å². The van der Waals surface area contributed by atoms with Crippen LogP contribution in [0.1, 0.15) is 46.0 Å². The standard InChI is InChI=1S/C20H37N7O5S/c1-3-11(2)15(21)17(29)25-12(6-4-8-24-20(22)23)16(28)26-13(10-33)18(30)27-9-5-7-14(27)19(31)32/h11-15,33H,3-10,21H2,1-2H3,(H,25,29)(H,26,28)(H,31,32)(H4,22,23,24). The maximum atomic E-state index is 13.0. The second-order valence-electron chi connectivity index (χ2n) is 8.19. The molecule has 188 valence electrons. The number of carbonyl (C=O) groups excluding carboxylic acids is 3. The summed E-state index contributed by atoms with van der Waals surface area (Å²) in [4.78, 5) is 55.0. The van der Waals surface area contributed by atoms with Crippen molar-refractivity contribution in [3.8, 4) is 0 Å². The van der Waals surface area contributed by atoms with Gasteiger partial charge in [0.25, 0.3) is 0 Å². The average Bonchev–Trinajstić information content (AvgIpc) is 3.27. The van der Waals surface area contributed by atoms with Crippen LogP contribution in [0.3, 0.4) is 0 Å². The SMILES string of the molecule is CCC(C)C(N)C(=O)NC(CCCN=C(N)N)C(=O)NC(CS)C(=O)N1CCCC1C(=O)O. The van der Waals surface area contributed by atoms with Crippen molar-refractivity contribution in [3.63, 3.8) is 0 Å². The minimum absolute atomic E-state index is 0.0333. The van der Waals surface area contributed by atoms with Gasteiger partial charge in [-0.3, -0.25) is 19.4 Å². The Bertz CT molecular complexity index is 732. The summed E-state index contributed by atoms with van der Waals surface area (Å²) in [6, 6.07) is -3.75. The third-order valence-electron chi connectivity index (χ3n) is 5.76. The molecule has 3 amide bonds. The molecular weight excluding hydrogens is 450 g/mol. The molecule has 0 aromatic heterocycles. The topological polar surface area (TPSA) is 206 Å². The highest BCUT2D eigenvalue weighted by Crippen LogP contribution is 2.19. The molecule has 5 unspecified atom stereocenters. The fourth-order valence-electron chi connectivity index (χ4n) is 3.50. The molecular formula is C20H37N7O5S. The van der Waals surface area contributed by atoms with E-state index < -0.39 is 47.9 Å². The lowest BCUT2D eigenvalue weighted by Gasteiger charge is -2.28. The molecule has 0 aromatic rings. The number of carboxylic acid groups (broad SMARTS) is 1. The Morgan fingerprint density at radius 3 is 2.36 bits per heavy atom. The molecule has 1 heterocycles. The normalized spacial score (nSPS) is 19.2. The molecule has 0 aliphatic carbocycles. The number of nitrogens with zero attached hydrogens (tertiary/aromatic N) is 2. The molecule has 0 aromatic carbocycles. The predicted molar refractivity (Wildman–Crippen MR) is 127 cm³/mol. The van der Waals surface area contributed by atoms with Crippen molar-refractivity contribution in [1.82, 2.24) is 15.5 Å². The number of guanidine groups is 1. The second kappa shape index (κ2) is 13.9. The van der Waals surface area contributed by atoms with E-state index in [0.717, 1.165) is 0 Å². The smallest absolute Gasteiger partial charge is 0.326 e. The summed E-state index contributed by atoms with van der Waals surface area (Å²) < 4.78 is 0. The molecule has 1 saturated heterocycles. The molecule has 33 heavy (non-hydrogen) atoms. The zero-order chi connectivity index (χ0) is 25.1. The van der Waals surface area contributed by atoms with Crippen molar-refractivity contribution in [2.75, 3.05) is 18.8 Å². The number of hydrogen-bond acceptors (Lipinski definition) is 7. The lowest BCUT2D eigenvalue weighted by molar-refractivity contribution is -0.149. The van der Waals surface area contributed by atoms with Crippen LogP contribution >= 0.6 is 12.6 Å². The van der Waals surface area contributed by atoms with Gasteiger partial charge >= 0.3 is 5.97 Å². The Morgan fingerprint density at radius 1 is 1.18 bits per heavy atom. The number of carbonyl (C=O) groups is 4. The molecule has 13 heteroatoms. The summed E-state index contributed by atoms with van der Waals surface area (Å²) in [7, 11) is 0. The predicted octanol–water partition coefficient (Wildman–Crippen LogP) is -1.61. The lowest BCUT2D eigenvalue weighted by Crippen LogP contribution is -2.58. The molecule has 1 aliphatic rings. The summed E-state index contributed by atoms with van der Waals surface area (Å²) in [5.74, 6) is -2.90. The molecule has 0 bridgehead atoms. The van der Waals surface area contributed by atoms with Crippen molar-refractivity contribution >= 4 is 42.3 Å². The summed E-state index contributed by atoms with van der Waals surface area (Å²) in [6.07, 6.45) is 2.20. The van der Waals surface area contributed by atoms with Gasteiger partial charge in [0.05, 0.1) is 6.04 Å². The van der Waals surface area contributed by atoms with Crippen molar-refractivity contribution in [3.05, 3.63) is 0 Å². The summed E-state index contributed by atoms with van der Waals surface area (Å²) in [5.41, 5.74) is 16.6. The van der Waals surface area contributed by atoms with E-state index >= 15 is 0 Å². The van der Waals surface area contributed by atoms with Crippen LogP contribution in [0.25, 0.3) is 0 Å². The molecule has 9 N–H and O–H groups in total. The Kier molecular flexibility index (Phi) is 12.0. The van der Waals surface area contributed by atoms with Gasteiger partial charge in [-0.2, -0.15) is 12.6 Å². The zero-order valence-electron chi connectivity index (χ0n) is 19.2. The number of carboxylic acids is 1. The monoisotopic (exact) mass is 487 g/mol. The first-order valence-corrected chi connectivity index (χ1v) is 11.7. The summed E-state index contributed by atoms with van der Waals surface area (Å²) >= 11 is 4.16. The van der Waals surface area contributed by atoms with Gasteiger partial charge in [0.2, 0.25) is 17.7 Å². The van der Waals surface area contributed by atoms with Gasteiger partial charge in [0.1, 0.15) is 18.1 Å². The molecule has 1 aliphatic heterocycles. The highest BCUT2D eigenvalue weighted by molar-refractivity contribution is 7.80. The van der Waals surface area contributed by atoms with E-state index in [1.165, 1.54) is 4.90 Å². The van der Waals surface area contributed by atoms with Crippen molar-refractivity contribution in [2.45, 2.75) is 70.1 Å². The van der Waals surface area contributed by atoms with Crippen LogP contribution in [0, 0.1) is 5.92 Å². The lowest BCUT2D eigenvalue weighted by atomic mass is 9.98. The summed E-state index contributed by atoms with van der Waals surface area (Å²) in [6.45, 7) is 4.28. The number of hydrogen-bond donors (Lipinski definition) is 7. The van der Waals surface area contributed by atoms with E-state index in [4.69, 9.17) is 17.2 Å². The third-order valence-corrected chi connectivity index (χ3v) is 6.12. The van der Waals surface area contributed by atoms with Crippen LogP contribution in [0.4, 0.5) is 0 Å². The van der Waals surface area contributed by atoms with Crippen LogP contribution in [0.15, 0.2) is 4.99 Å². The minimum atomic E-state index is -1.09. The van der Waals surface area contributed by atoms with Gasteiger partial charge in [-0.25, -0.2) is 4.79 Å². The van der Waals surface area contributed by atoms with Gasteiger partial charge in [-0.15, -0.1) is 0 Å². The van der Waals surface area contributed by atoms with E-state index in [1.54, 1.807) is 0 Å². The largest absolute Gasteiger partial charge is 0.480 e. The number of rotatable bonds is 13. The van der Waals surface area contributed by atoms with Crippen molar-refractivity contribution in [2.24, 2.45) is 28.1 Å². The molecule has 0 radical (unpaired) electrons. The van der Waals surface area contributed by atoms with Gasteiger partial charge in [-0.05, 0) is 31.6 Å².